The van der Waals surface area contributed by atoms with Crippen molar-refractivity contribution >= 4 is 0 Å². The van der Waals surface area contributed by atoms with Gasteiger partial charge in [0.05, 0.1) is 5.56 Å². The van der Waals surface area contributed by atoms with Gasteiger partial charge in [0, 0.05) is 24.2 Å². The lowest BCUT2D eigenvalue weighted by Crippen LogP contribution is -2.48. The second-order valence-electron chi connectivity index (χ2n) is 8.32. The molecule has 1 atom stereocenters. The lowest BCUT2D eigenvalue weighted by atomic mass is 9.87. The van der Waals surface area contributed by atoms with Crippen LogP contribution in [-0.4, -0.2) is 36.3 Å². The minimum Gasteiger partial charge on any atom is -0.486 e. The van der Waals surface area contributed by atoms with E-state index < -0.39 is 17.5 Å². The maximum Gasteiger partial charge on any atom is 0.416 e. The molecule has 0 radical (unpaired) electrons. The van der Waals surface area contributed by atoms with Gasteiger partial charge in [0.1, 0.15) is 18.9 Å². The quantitative estimate of drug-likeness (QED) is 0.781. The predicted octanol–water partition coefficient (Wildman–Crippen LogP) is 4.45. The first-order valence-electron chi connectivity index (χ1n) is 10.4. The predicted molar refractivity (Wildman–Crippen MR) is 105 cm³/mol. The van der Waals surface area contributed by atoms with Crippen molar-refractivity contribution in [3.8, 4) is 11.5 Å². The third-order valence-corrected chi connectivity index (χ3v) is 6.67. The molecule has 1 fully saturated rings. The Hall–Kier alpha value is -2.25. The maximum atomic E-state index is 13.2. The van der Waals surface area contributed by atoms with Crippen molar-refractivity contribution in [2.45, 2.75) is 43.5 Å². The van der Waals surface area contributed by atoms with Gasteiger partial charge in [-0.05, 0) is 55.4 Å². The number of alkyl halides is 3. The van der Waals surface area contributed by atoms with Gasteiger partial charge in [-0.1, -0.05) is 18.2 Å². The number of fused-ring (bicyclic) bond motifs is 2. The number of piperidine rings is 1. The maximum absolute atomic E-state index is 13.2. The van der Waals surface area contributed by atoms with Gasteiger partial charge < -0.3 is 14.6 Å². The topological polar surface area (TPSA) is 41.9 Å². The van der Waals surface area contributed by atoms with Gasteiger partial charge in [-0.2, -0.15) is 13.2 Å². The number of aliphatic hydroxyl groups is 1. The molecule has 5 rings (SSSR count). The van der Waals surface area contributed by atoms with Gasteiger partial charge in [0.25, 0.3) is 0 Å². The number of para-hydroxylation sites is 1. The molecule has 2 aliphatic heterocycles. The summed E-state index contributed by atoms with van der Waals surface area (Å²) in [5, 5.41) is 11.4. The Morgan fingerprint density at radius 3 is 2.57 bits per heavy atom. The fourth-order valence-electron chi connectivity index (χ4n) is 5.09. The van der Waals surface area contributed by atoms with Crippen molar-refractivity contribution < 1.29 is 27.8 Å². The molecule has 2 heterocycles. The van der Waals surface area contributed by atoms with Crippen molar-refractivity contribution in [1.29, 1.82) is 0 Å². The normalized spacial score (nSPS) is 24.7. The summed E-state index contributed by atoms with van der Waals surface area (Å²) in [6.45, 7) is 2.30. The molecule has 3 aliphatic rings. The highest BCUT2D eigenvalue weighted by Gasteiger charge is 2.45. The Morgan fingerprint density at radius 2 is 1.80 bits per heavy atom. The van der Waals surface area contributed by atoms with Crippen LogP contribution in [0.15, 0.2) is 36.4 Å². The number of aryl methyl sites for hydroxylation is 1. The Morgan fingerprint density at radius 1 is 1.03 bits per heavy atom. The van der Waals surface area contributed by atoms with Crippen LogP contribution in [0, 0.1) is 0 Å². The highest BCUT2D eigenvalue weighted by Crippen LogP contribution is 2.46. The molecule has 160 valence electrons. The van der Waals surface area contributed by atoms with Crippen molar-refractivity contribution in [2.24, 2.45) is 0 Å². The van der Waals surface area contributed by atoms with Crippen molar-refractivity contribution in [1.82, 2.24) is 4.90 Å². The highest BCUT2D eigenvalue weighted by molar-refractivity contribution is 5.49. The zero-order valence-electron chi connectivity index (χ0n) is 16.5. The Labute approximate surface area is 173 Å². The molecular weight excluding hydrogens is 395 g/mol. The van der Waals surface area contributed by atoms with Crippen LogP contribution in [0.1, 0.15) is 47.4 Å². The lowest BCUT2D eigenvalue weighted by molar-refractivity contribution is -0.139. The van der Waals surface area contributed by atoms with Gasteiger partial charge in [0.15, 0.2) is 11.5 Å². The van der Waals surface area contributed by atoms with Crippen LogP contribution < -0.4 is 9.47 Å². The molecule has 7 heteroatoms. The third-order valence-electron chi connectivity index (χ3n) is 6.67. The van der Waals surface area contributed by atoms with Crippen molar-refractivity contribution in [3.05, 3.63) is 58.7 Å². The zero-order chi connectivity index (χ0) is 20.9. The molecule has 1 aliphatic carbocycles. The molecule has 1 saturated heterocycles. The van der Waals surface area contributed by atoms with E-state index in [4.69, 9.17) is 9.47 Å². The number of ether oxygens (including phenoxy) is 2. The third kappa shape index (κ3) is 3.24. The summed E-state index contributed by atoms with van der Waals surface area (Å²) in [7, 11) is 0. The fourth-order valence-corrected chi connectivity index (χ4v) is 5.09. The first-order valence-corrected chi connectivity index (χ1v) is 10.4. The van der Waals surface area contributed by atoms with Crippen molar-refractivity contribution in [3.63, 3.8) is 0 Å². The van der Waals surface area contributed by atoms with Crippen LogP contribution >= 0.6 is 0 Å². The van der Waals surface area contributed by atoms with Crippen molar-refractivity contribution in [2.75, 3.05) is 26.3 Å². The lowest BCUT2D eigenvalue weighted by Gasteiger charge is -2.42. The van der Waals surface area contributed by atoms with Crippen LogP contribution in [0.25, 0.3) is 0 Å². The Balaban J connectivity index is 1.36. The molecule has 30 heavy (non-hydrogen) atoms. The number of nitrogens with zero attached hydrogens (tertiary/aromatic N) is 1. The highest BCUT2D eigenvalue weighted by atomic mass is 19.4. The summed E-state index contributed by atoms with van der Waals surface area (Å²) in [6, 6.07) is 9.68. The molecule has 0 aromatic heterocycles. The van der Waals surface area contributed by atoms with E-state index in [9.17, 15) is 18.3 Å². The molecule has 0 saturated carbocycles. The number of likely N-dealkylation sites (tertiary alicyclic amines) is 1. The minimum atomic E-state index is -4.42. The smallest absolute Gasteiger partial charge is 0.416 e. The number of benzene rings is 2. The second kappa shape index (κ2) is 7.17. The molecule has 0 spiro atoms. The van der Waals surface area contributed by atoms with E-state index in [2.05, 4.69) is 6.07 Å². The number of hydrogen-bond acceptors (Lipinski definition) is 4. The van der Waals surface area contributed by atoms with E-state index in [1.807, 2.05) is 17.0 Å². The Bertz CT molecular complexity index is 953. The largest absolute Gasteiger partial charge is 0.486 e. The first-order chi connectivity index (χ1) is 14.4. The summed E-state index contributed by atoms with van der Waals surface area (Å²) in [6.07, 6.45) is -1.81. The first kappa shape index (κ1) is 19.7. The summed E-state index contributed by atoms with van der Waals surface area (Å²) >= 11 is 0. The molecule has 1 N–H and O–H groups in total. The van der Waals surface area contributed by atoms with Crippen LogP contribution in [0.5, 0.6) is 11.5 Å². The van der Waals surface area contributed by atoms with E-state index in [1.54, 1.807) is 0 Å². The van der Waals surface area contributed by atoms with Gasteiger partial charge in [-0.3, -0.25) is 4.90 Å². The molecule has 2 aromatic carbocycles. The zero-order valence-corrected chi connectivity index (χ0v) is 16.5. The van der Waals surface area contributed by atoms with E-state index in [0.29, 0.717) is 44.7 Å². The monoisotopic (exact) mass is 419 g/mol. The number of hydrogen-bond donors (Lipinski definition) is 1. The van der Waals surface area contributed by atoms with Gasteiger partial charge in [0.2, 0.25) is 0 Å². The van der Waals surface area contributed by atoms with Gasteiger partial charge in [-0.25, -0.2) is 0 Å². The molecule has 2 aromatic rings. The SMILES string of the molecule is OC1(N2CCC(c3cccc4c3OCCO4)CC2)CCc2ccc(C(F)(F)F)cc21. The van der Waals surface area contributed by atoms with E-state index in [-0.39, 0.29) is 5.92 Å². The average molecular weight is 419 g/mol. The van der Waals surface area contributed by atoms with Crippen LogP contribution in [0.2, 0.25) is 0 Å². The summed E-state index contributed by atoms with van der Waals surface area (Å²) in [4.78, 5) is 1.95. The summed E-state index contributed by atoms with van der Waals surface area (Å²) in [5.41, 5.74) is 0.284. The van der Waals surface area contributed by atoms with Crippen LogP contribution in [-0.2, 0) is 18.3 Å². The molecule has 0 bridgehead atoms. The van der Waals surface area contributed by atoms with Crippen LogP contribution in [0.3, 0.4) is 0 Å². The number of rotatable bonds is 2. The summed E-state index contributed by atoms with van der Waals surface area (Å²) < 4.78 is 51.2. The standard InChI is InChI=1S/C23H24F3NO3/c24-23(25,26)17-5-4-16-6-9-22(28,19(16)14-17)27-10-7-15(8-11-27)18-2-1-3-20-21(18)30-13-12-29-20/h1-5,14-15,28H,6-13H2. The summed E-state index contributed by atoms with van der Waals surface area (Å²) in [5.74, 6) is 1.84. The molecule has 0 amide bonds. The molecule has 4 nitrogen and oxygen atoms in total. The van der Waals surface area contributed by atoms with E-state index in [1.165, 1.54) is 6.07 Å². The Kier molecular flexibility index (Phi) is 4.71. The van der Waals surface area contributed by atoms with Crippen LogP contribution in [0.4, 0.5) is 13.2 Å². The number of halogens is 3. The second-order valence-corrected chi connectivity index (χ2v) is 8.32. The van der Waals surface area contributed by atoms with Gasteiger partial charge in [-0.15, -0.1) is 0 Å². The van der Waals surface area contributed by atoms with Gasteiger partial charge >= 0.3 is 6.18 Å². The van der Waals surface area contributed by atoms with E-state index in [0.717, 1.165) is 47.6 Å². The molecular formula is C23H24F3NO3. The molecule has 1 unspecified atom stereocenters. The average Bonchev–Trinajstić information content (AvgIpc) is 3.10. The fraction of sp³-hybridized carbons (Fsp3) is 0.478. The van der Waals surface area contributed by atoms with E-state index >= 15 is 0 Å². The minimum absolute atomic E-state index is 0.267.